The van der Waals surface area contributed by atoms with Crippen LogP contribution in [0.2, 0.25) is 0 Å². The van der Waals surface area contributed by atoms with Gasteiger partial charge < -0.3 is 14.2 Å². The van der Waals surface area contributed by atoms with Gasteiger partial charge in [-0.1, -0.05) is 43.4 Å². The lowest BCUT2D eigenvalue weighted by molar-refractivity contribution is 0.309. The summed E-state index contributed by atoms with van der Waals surface area (Å²) in [6.07, 6.45) is 5.58. The molecule has 4 rings (SSSR count). The molecule has 33 heavy (non-hydrogen) atoms. The van der Waals surface area contributed by atoms with Crippen LogP contribution in [0.1, 0.15) is 25.3 Å². The molecule has 8 heteroatoms. The van der Waals surface area contributed by atoms with E-state index >= 15 is 0 Å². The molecule has 0 aliphatic rings. The minimum atomic E-state index is -0.209. The second-order valence-electron chi connectivity index (χ2n) is 7.28. The van der Waals surface area contributed by atoms with Crippen molar-refractivity contribution >= 4 is 22.4 Å². The second-order valence-corrected chi connectivity index (χ2v) is 8.29. The monoisotopic (exact) mass is 463 g/mol. The molecule has 0 fully saturated rings. The van der Waals surface area contributed by atoms with E-state index in [0.29, 0.717) is 40.0 Å². The van der Waals surface area contributed by atoms with Gasteiger partial charge in [-0.05, 0) is 54.5 Å². The first kappa shape index (κ1) is 22.5. The Bertz CT molecular complexity index is 1360. The molecule has 0 aliphatic carbocycles. The van der Waals surface area contributed by atoms with Crippen LogP contribution in [0, 0.1) is 0 Å². The van der Waals surface area contributed by atoms with Gasteiger partial charge in [-0.2, -0.15) is 9.50 Å². The molecule has 0 amide bonds. The van der Waals surface area contributed by atoms with Gasteiger partial charge in [0.25, 0.3) is 5.56 Å². The Hall–Kier alpha value is -3.65. The third kappa shape index (κ3) is 5.06. The number of thiazole rings is 1. The first-order valence-electron chi connectivity index (χ1n) is 10.7. The second kappa shape index (κ2) is 10.3. The maximum absolute atomic E-state index is 12.9. The van der Waals surface area contributed by atoms with E-state index in [1.165, 1.54) is 15.9 Å². The maximum atomic E-state index is 12.9. The number of rotatable bonds is 10. The molecule has 0 spiro atoms. The Morgan fingerprint density at radius 3 is 2.64 bits per heavy atom. The van der Waals surface area contributed by atoms with Crippen LogP contribution in [0.5, 0.6) is 17.2 Å². The molecule has 0 N–H and O–H groups in total. The quantitative estimate of drug-likeness (QED) is 0.260. The fourth-order valence-electron chi connectivity index (χ4n) is 3.18. The lowest BCUT2D eigenvalue weighted by atomic mass is 10.2. The summed E-state index contributed by atoms with van der Waals surface area (Å²) in [6.45, 7) is 6.86. The van der Waals surface area contributed by atoms with Crippen molar-refractivity contribution in [3.8, 4) is 28.6 Å². The van der Waals surface area contributed by atoms with Crippen LogP contribution in [0.4, 0.5) is 0 Å². The summed E-state index contributed by atoms with van der Waals surface area (Å²) < 4.78 is 18.6. The predicted octanol–water partition coefficient (Wildman–Crippen LogP) is 4.12. The van der Waals surface area contributed by atoms with E-state index < -0.39 is 0 Å². The zero-order valence-electron chi connectivity index (χ0n) is 18.6. The standard InChI is InChI=1S/C25H25N3O4S/c1-4-6-14-31-19-10-8-18(9-11-19)23-26-25-28(27-23)24(29)22(33-25)16-17-7-12-20(32-13-5-2)21(15-17)30-3/h5,7-12,15-16H,2,4,6,13-14H2,1,3H3/b22-16-. The highest BCUT2D eigenvalue weighted by atomic mass is 32.1. The fraction of sp³-hybridized carbons (Fsp3) is 0.240. The Balaban J connectivity index is 1.59. The average Bonchev–Trinajstić information content (AvgIpc) is 3.38. The molecule has 0 unspecified atom stereocenters. The zero-order valence-corrected chi connectivity index (χ0v) is 19.4. The van der Waals surface area contributed by atoms with Gasteiger partial charge in [0, 0.05) is 5.56 Å². The highest BCUT2D eigenvalue weighted by molar-refractivity contribution is 7.15. The Morgan fingerprint density at radius 1 is 1.12 bits per heavy atom. The molecule has 0 aliphatic heterocycles. The van der Waals surface area contributed by atoms with Crippen LogP contribution in [0.3, 0.4) is 0 Å². The molecule has 2 aromatic carbocycles. The molecule has 4 aromatic rings. The molecular weight excluding hydrogens is 438 g/mol. The zero-order chi connectivity index (χ0) is 23.2. The van der Waals surface area contributed by atoms with Crippen molar-refractivity contribution in [2.75, 3.05) is 20.3 Å². The van der Waals surface area contributed by atoms with Crippen molar-refractivity contribution in [2.24, 2.45) is 0 Å². The van der Waals surface area contributed by atoms with Crippen LogP contribution in [0.15, 0.2) is 59.9 Å². The minimum Gasteiger partial charge on any atom is -0.494 e. The number of unbranched alkanes of at least 4 members (excludes halogenated alkanes) is 1. The summed E-state index contributed by atoms with van der Waals surface area (Å²) >= 11 is 1.29. The lowest BCUT2D eigenvalue weighted by Crippen LogP contribution is -2.23. The van der Waals surface area contributed by atoms with Gasteiger partial charge in [-0.15, -0.1) is 5.10 Å². The SMILES string of the molecule is C=CCOc1ccc(/C=c2\sc3nc(-c4ccc(OCCCC)cc4)nn3c2=O)cc1OC. The number of aromatic nitrogens is 3. The maximum Gasteiger partial charge on any atom is 0.291 e. The summed E-state index contributed by atoms with van der Waals surface area (Å²) in [4.78, 5) is 18.0. The molecule has 0 saturated carbocycles. The van der Waals surface area contributed by atoms with Gasteiger partial charge in [-0.3, -0.25) is 4.79 Å². The van der Waals surface area contributed by atoms with Crippen LogP contribution < -0.4 is 24.3 Å². The van der Waals surface area contributed by atoms with Crippen molar-refractivity contribution in [1.29, 1.82) is 0 Å². The summed E-state index contributed by atoms with van der Waals surface area (Å²) in [5.74, 6) is 2.52. The van der Waals surface area contributed by atoms with Crippen molar-refractivity contribution in [3.05, 3.63) is 75.6 Å². The van der Waals surface area contributed by atoms with E-state index in [-0.39, 0.29) is 5.56 Å². The van der Waals surface area contributed by atoms with Gasteiger partial charge in [0.15, 0.2) is 17.3 Å². The Kier molecular flexibility index (Phi) is 7.04. The molecule has 2 heterocycles. The van der Waals surface area contributed by atoms with E-state index in [4.69, 9.17) is 14.2 Å². The smallest absolute Gasteiger partial charge is 0.291 e. The molecule has 170 valence electrons. The van der Waals surface area contributed by atoms with Gasteiger partial charge in [0.05, 0.1) is 18.2 Å². The average molecular weight is 464 g/mol. The van der Waals surface area contributed by atoms with Crippen LogP contribution >= 0.6 is 11.3 Å². The normalized spacial score (nSPS) is 11.6. The van der Waals surface area contributed by atoms with Gasteiger partial charge in [0.2, 0.25) is 4.96 Å². The van der Waals surface area contributed by atoms with E-state index in [1.807, 2.05) is 42.5 Å². The number of benzene rings is 2. The molecule has 0 atom stereocenters. The fourth-order valence-corrected chi connectivity index (χ4v) is 4.09. The van der Waals surface area contributed by atoms with Crippen LogP contribution in [-0.4, -0.2) is 34.9 Å². The summed E-state index contributed by atoms with van der Waals surface area (Å²) in [5, 5.41) is 4.42. The third-order valence-corrected chi connectivity index (χ3v) is 5.86. The van der Waals surface area contributed by atoms with E-state index in [9.17, 15) is 4.79 Å². The minimum absolute atomic E-state index is 0.209. The number of fused-ring (bicyclic) bond motifs is 1. The molecule has 2 aromatic heterocycles. The van der Waals surface area contributed by atoms with Gasteiger partial charge >= 0.3 is 0 Å². The predicted molar refractivity (Wildman–Crippen MR) is 130 cm³/mol. The largest absolute Gasteiger partial charge is 0.494 e. The highest BCUT2D eigenvalue weighted by Gasteiger charge is 2.13. The molecule has 0 bridgehead atoms. The third-order valence-electron chi connectivity index (χ3n) is 4.90. The first-order valence-corrected chi connectivity index (χ1v) is 11.5. The van der Waals surface area contributed by atoms with E-state index in [0.717, 1.165) is 29.7 Å². The van der Waals surface area contributed by atoms with Gasteiger partial charge in [-0.25, -0.2) is 0 Å². The summed E-state index contributed by atoms with van der Waals surface area (Å²) in [7, 11) is 1.58. The summed E-state index contributed by atoms with van der Waals surface area (Å²) in [6, 6.07) is 13.1. The Labute approximate surface area is 195 Å². The van der Waals surface area contributed by atoms with E-state index in [2.05, 4.69) is 23.6 Å². The number of methoxy groups -OCH3 is 1. The topological polar surface area (TPSA) is 75.0 Å². The van der Waals surface area contributed by atoms with Crippen LogP contribution in [0.25, 0.3) is 22.4 Å². The van der Waals surface area contributed by atoms with Crippen molar-refractivity contribution in [1.82, 2.24) is 14.6 Å². The molecule has 0 radical (unpaired) electrons. The van der Waals surface area contributed by atoms with Crippen LogP contribution in [-0.2, 0) is 0 Å². The van der Waals surface area contributed by atoms with Gasteiger partial charge in [0.1, 0.15) is 12.4 Å². The van der Waals surface area contributed by atoms with E-state index in [1.54, 1.807) is 19.3 Å². The number of nitrogens with zero attached hydrogens (tertiary/aromatic N) is 3. The molecule has 0 saturated heterocycles. The van der Waals surface area contributed by atoms with Crippen molar-refractivity contribution in [3.63, 3.8) is 0 Å². The van der Waals surface area contributed by atoms with Crippen molar-refractivity contribution < 1.29 is 14.2 Å². The summed E-state index contributed by atoms with van der Waals surface area (Å²) in [5.41, 5.74) is 1.44. The molecule has 7 nitrogen and oxygen atoms in total. The number of hydrogen-bond acceptors (Lipinski definition) is 7. The van der Waals surface area contributed by atoms with Crippen molar-refractivity contribution in [2.45, 2.75) is 19.8 Å². The number of hydrogen-bond donors (Lipinski definition) is 0. The first-order chi connectivity index (χ1) is 16.1. The lowest BCUT2D eigenvalue weighted by Gasteiger charge is -2.09. The highest BCUT2D eigenvalue weighted by Crippen LogP contribution is 2.28. The number of ether oxygens (including phenoxy) is 3. The Morgan fingerprint density at radius 2 is 1.94 bits per heavy atom. The molecular formula is C25H25N3O4S.